The zero-order valence-electron chi connectivity index (χ0n) is 13.0. The maximum absolute atomic E-state index is 12.4. The first kappa shape index (κ1) is 16.7. The molecule has 0 saturated carbocycles. The molecular weight excluding hydrogens is 336 g/mol. The maximum atomic E-state index is 12.4. The van der Waals surface area contributed by atoms with Crippen LogP contribution in [0.15, 0.2) is 59.5 Å². The van der Waals surface area contributed by atoms with E-state index in [0.29, 0.717) is 16.0 Å². The van der Waals surface area contributed by atoms with E-state index in [2.05, 4.69) is 0 Å². The van der Waals surface area contributed by atoms with E-state index in [0.717, 1.165) is 22.2 Å². The Morgan fingerprint density at radius 2 is 1.76 bits per heavy atom. The van der Waals surface area contributed by atoms with Crippen LogP contribution in [0.1, 0.15) is 21.5 Å². The maximum Gasteiger partial charge on any atom is 0.293 e. The van der Waals surface area contributed by atoms with Crippen molar-refractivity contribution in [2.75, 3.05) is 6.54 Å². The second-order valence-electron chi connectivity index (χ2n) is 5.29. The van der Waals surface area contributed by atoms with E-state index < -0.39 is 11.1 Å². The molecule has 2 amide bonds. The van der Waals surface area contributed by atoms with Crippen molar-refractivity contribution in [3.8, 4) is 6.07 Å². The van der Waals surface area contributed by atoms with Gasteiger partial charge in [0.25, 0.3) is 11.1 Å². The highest BCUT2D eigenvalue weighted by atomic mass is 32.2. The molecule has 0 bridgehead atoms. The number of imide groups is 1. The monoisotopic (exact) mass is 348 g/mol. The topological polar surface area (TPSA) is 78.2 Å². The van der Waals surface area contributed by atoms with Gasteiger partial charge in [-0.05, 0) is 35.5 Å². The van der Waals surface area contributed by atoms with Crippen LogP contribution in [-0.2, 0) is 4.79 Å². The summed E-state index contributed by atoms with van der Waals surface area (Å²) in [7, 11) is 0. The van der Waals surface area contributed by atoms with Gasteiger partial charge in [0.15, 0.2) is 5.78 Å². The fourth-order valence-electron chi connectivity index (χ4n) is 2.30. The molecule has 122 valence electrons. The van der Waals surface area contributed by atoms with E-state index >= 15 is 0 Å². The molecule has 0 radical (unpaired) electrons. The molecule has 5 nitrogen and oxygen atoms in total. The van der Waals surface area contributed by atoms with E-state index in [9.17, 15) is 14.4 Å². The van der Waals surface area contributed by atoms with E-state index in [1.165, 1.54) is 24.3 Å². The highest BCUT2D eigenvalue weighted by molar-refractivity contribution is 8.18. The van der Waals surface area contributed by atoms with E-state index in [1.807, 2.05) is 36.4 Å². The molecule has 1 fully saturated rings. The minimum Gasteiger partial charge on any atom is -0.292 e. The fraction of sp³-hybridized carbons (Fsp3) is 0.0526. The minimum absolute atomic E-state index is 0.295. The summed E-state index contributed by atoms with van der Waals surface area (Å²) in [6.07, 6.45) is 1.64. The molecule has 1 saturated heterocycles. The van der Waals surface area contributed by atoms with Crippen molar-refractivity contribution in [1.29, 1.82) is 5.26 Å². The van der Waals surface area contributed by atoms with Crippen molar-refractivity contribution in [2.24, 2.45) is 0 Å². The van der Waals surface area contributed by atoms with Gasteiger partial charge >= 0.3 is 0 Å². The van der Waals surface area contributed by atoms with Crippen LogP contribution in [0, 0.1) is 11.3 Å². The summed E-state index contributed by atoms with van der Waals surface area (Å²) in [5.41, 5.74) is 1.60. The Labute approximate surface area is 148 Å². The van der Waals surface area contributed by atoms with Gasteiger partial charge in [0.2, 0.25) is 0 Å². The zero-order chi connectivity index (χ0) is 17.8. The molecule has 1 heterocycles. The highest BCUT2D eigenvalue weighted by Gasteiger charge is 2.36. The van der Waals surface area contributed by atoms with Gasteiger partial charge in [-0.25, -0.2) is 0 Å². The summed E-state index contributed by atoms with van der Waals surface area (Å²) >= 11 is 0.823. The van der Waals surface area contributed by atoms with Crippen molar-refractivity contribution in [3.05, 3.63) is 76.2 Å². The van der Waals surface area contributed by atoms with Gasteiger partial charge in [-0.3, -0.25) is 19.3 Å². The molecule has 3 rings (SSSR count). The summed E-state index contributed by atoms with van der Waals surface area (Å²) in [5.74, 6) is -0.825. The van der Waals surface area contributed by atoms with Crippen LogP contribution < -0.4 is 0 Å². The number of ketones is 1. The SMILES string of the molecule is N#Cc1ccc(C(=O)CN2C(=O)SC(=Cc3ccccc3)C2=O)cc1. The zero-order valence-corrected chi connectivity index (χ0v) is 13.8. The van der Waals surface area contributed by atoms with Gasteiger partial charge in [0.05, 0.1) is 23.1 Å². The normalized spacial score (nSPS) is 15.5. The van der Waals surface area contributed by atoms with Crippen molar-refractivity contribution >= 4 is 34.8 Å². The Bertz CT molecular complexity index is 912. The first-order valence-corrected chi connectivity index (χ1v) is 8.24. The number of carbonyl (C=O) groups is 3. The van der Waals surface area contributed by atoms with Crippen molar-refractivity contribution in [1.82, 2.24) is 4.90 Å². The Kier molecular flexibility index (Phi) is 4.78. The first-order chi connectivity index (χ1) is 12.1. The molecule has 25 heavy (non-hydrogen) atoms. The summed E-state index contributed by atoms with van der Waals surface area (Å²) in [5, 5.41) is 8.31. The standard InChI is InChI=1S/C19H12N2O3S/c20-11-14-6-8-15(9-7-14)16(22)12-21-18(23)17(25-19(21)24)10-13-4-2-1-3-5-13/h1-10H,12H2. The number of Topliss-reactive ketones (excluding diaryl/α,β-unsaturated/α-hetero) is 1. The second kappa shape index (κ2) is 7.16. The first-order valence-electron chi connectivity index (χ1n) is 7.42. The predicted octanol–water partition coefficient (Wildman–Crippen LogP) is 3.48. The molecular formula is C19H12N2O3S. The van der Waals surface area contributed by atoms with Crippen LogP contribution in [0.5, 0.6) is 0 Å². The smallest absolute Gasteiger partial charge is 0.292 e. The average Bonchev–Trinajstić information content (AvgIpc) is 2.90. The molecule has 1 aliphatic rings. The average molecular weight is 348 g/mol. The van der Waals surface area contributed by atoms with Gasteiger partial charge < -0.3 is 0 Å². The number of nitriles is 1. The third-order valence-electron chi connectivity index (χ3n) is 3.61. The molecule has 2 aromatic carbocycles. The number of hydrogen-bond donors (Lipinski definition) is 0. The summed E-state index contributed by atoms with van der Waals surface area (Å²) in [6, 6.07) is 17.2. The van der Waals surface area contributed by atoms with E-state index in [1.54, 1.807) is 6.08 Å². The molecule has 0 spiro atoms. The molecule has 0 unspecified atom stereocenters. The third kappa shape index (κ3) is 3.67. The second-order valence-corrected chi connectivity index (χ2v) is 6.28. The van der Waals surface area contributed by atoms with Gasteiger partial charge in [-0.15, -0.1) is 0 Å². The number of amides is 2. The molecule has 0 aliphatic carbocycles. The molecule has 0 atom stereocenters. The van der Waals surface area contributed by atoms with Crippen LogP contribution in [0.2, 0.25) is 0 Å². The van der Waals surface area contributed by atoms with Gasteiger partial charge in [-0.2, -0.15) is 5.26 Å². The van der Waals surface area contributed by atoms with Gasteiger partial charge in [-0.1, -0.05) is 42.5 Å². The Morgan fingerprint density at radius 1 is 1.08 bits per heavy atom. The number of carbonyl (C=O) groups excluding carboxylic acids is 3. The van der Waals surface area contributed by atoms with Crippen molar-refractivity contribution in [2.45, 2.75) is 0 Å². The van der Waals surface area contributed by atoms with E-state index in [4.69, 9.17) is 5.26 Å². The molecule has 2 aromatic rings. The lowest BCUT2D eigenvalue weighted by molar-refractivity contribution is -0.122. The number of rotatable bonds is 4. The van der Waals surface area contributed by atoms with Crippen LogP contribution >= 0.6 is 11.8 Å². The lowest BCUT2D eigenvalue weighted by Gasteiger charge is -2.11. The van der Waals surface area contributed by atoms with E-state index in [-0.39, 0.29) is 12.3 Å². The minimum atomic E-state index is -0.471. The molecule has 0 N–H and O–H groups in total. The largest absolute Gasteiger partial charge is 0.293 e. The van der Waals surface area contributed by atoms with Crippen LogP contribution in [0.3, 0.4) is 0 Å². The Hall–Kier alpha value is -3.17. The van der Waals surface area contributed by atoms with Crippen molar-refractivity contribution < 1.29 is 14.4 Å². The predicted molar refractivity (Wildman–Crippen MR) is 94.6 cm³/mol. The molecule has 6 heteroatoms. The summed E-state index contributed by atoms with van der Waals surface area (Å²) in [4.78, 5) is 38.0. The molecule has 1 aliphatic heterocycles. The highest BCUT2D eigenvalue weighted by Crippen LogP contribution is 2.32. The third-order valence-corrected chi connectivity index (χ3v) is 4.52. The Balaban J connectivity index is 1.75. The lowest BCUT2D eigenvalue weighted by atomic mass is 10.1. The number of thioether (sulfide) groups is 1. The number of nitrogens with zero attached hydrogens (tertiary/aromatic N) is 2. The van der Waals surface area contributed by atoms with Crippen LogP contribution in [0.4, 0.5) is 4.79 Å². The van der Waals surface area contributed by atoms with Crippen molar-refractivity contribution in [3.63, 3.8) is 0 Å². The van der Waals surface area contributed by atoms with Gasteiger partial charge in [0.1, 0.15) is 0 Å². The van der Waals surface area contributed by atoms with Gasteiger partial charge in [0, 0.05) is 5.56 Å². The molecule has 0 aromatic heterocycles. The van der Waals surface area contributed by atoms with Crippen LogP contribution in [0.25, 0.3) is 6.08 Å². The quantitative estimate of drug-likeness (QED) is 0.624. The number of benzene rings is 2. The van der Waals surface area contributed by atoms with Crippen LogP contribution in [-0.4, -0.2) is 28.4 Å². The fourth-order valence-corrected chi connectivity index (χ4v) is 3.14. The lowest BCUT2D eigenvalue weighted by Crippen LogP contribution is -2.33. The Morgan fingerprint density at radius 3 is 2.40 bits per heavy atom. The number of hydrogen-bond acceptors (Lipinski definition) is 5. The summed E-state index contributed by atoms with van der Waals surface area (Å²) in [6.45, 7) is -0.317. The summed E-state index contributed by atoms with van der Waals surface area (Å²) < 4.78 is 0.